The van der Waals surface area contributed by atoms with Crippen LogP contribution >= 0.6 is 23.4 Å². The molecule has 1 aliphatic rings. The summed E-state index contributed by atoms with van der Waals surface area (Å²) in [6.07, 6.45) is 0. The summed E-state index contributed by atoms with van der Waals surface area (Å²) in [5.41, 5.74) is 3.73. The third-order valence-corrected chi connectivity index (χ3v) is 5.04. The topological polar surface area (TPSA) is 0 Å². The molecule has 0 fully saturated rings. The van der Waals surface area contributed by atoms with Gasteiger partial charge >= 0.3 is 0 Å². The number of benzene rings is 3. The van der Waals surface area contributed by atoms with Gasteiger partial charge < -0.3 is 0 Å². The lowest BCUT2D eigenvalue weighted by molar-refractivity contribution is 1.10. The van der Waals surface area contributed by atoms with Crippen molar-refractivity contribution in [1.29, 1.82) is 0 Å². The second kappa shape index (κ2) is 5.25. The average molecular weight is 308 g/mol. The molecule has 2 heteroatoms. The van der Waals surface area contributed by atoms with E-state index >= 15 is 0 Å². The molecule has 1 radical (unpaired) electrons. The molecule has 0 bridgehead atoms. The van der Waals surface area contributed by atoms with Crippen LogP contribution in [0.5, 0.6) is 0 Å². The molecule has 21 heavy (non-hydrogen) atoms. The highest BCUT2D eigenvalue weighted by Crippen LogP contribution is 2.48. The molecule has 0 atom stereocenters. The molecular formula is C19H12ClS. The summed E-state index contributed by atoms with van der Waals surface area (Å²) in [7, 11) is 0. The SMILES string of the molecule is Clc1ccc2c(c1)[C](c1ccccc1)c1ccccc1S2. The van der Waals surface area contributed by atoms with Gasteiger partial charge in [-0.2, -0.15) is 0 Å². The van der Waals surface area contributed by atoms with Crippen molar-refractivity contribution >= 4 is 23.4 Å². The second-order valence-corrected chi connectivity index (χ2v) is 6.50. The summed E-state index contributed by atoms with van der Waals surface area (Å²) in [4.78, 5) is 2.56. The maximum absolute atomic E-state index is 6.23. The highest BCUT2D eigenvalue weighted by molar-refractivity contribution is 7.99. The summed E-state index contributed by atoms with van der Waals surface area (Å²) in [5, 5.41) is 0.780. The summed E-state index contributed by atoms with van der Waals surface area (Å²) >= 11 is 8.04. The van der Waals surface area contributed by atoms with Crippen molar-refractivity contribution in [2.45, 2.75) is 9.79 Å². The van der Waals surface area contributed by atoms with Crippen molar-refractivity contribution in [3.8, 4) is 0 Å². The van der Waals surface area contributed by atoms with Gasteiger partial charge in [-0.05, 0) is 41.0 Å². The van der Waals surface area contributed by atoms with E-state index in [9.17, 15) is 0 Å². The summed E-state index contributed by atoms with van der Waals surface area (Å²) in [6.45, 7) is 0. The third kappa shape index (κ3) is 2.27. The Bertz CT molecular complexity index is 796. The van der Waals surface area contributed by atoms with E-state index in [1.807, 2.05) is 23.9 Å². The van der Waals surface area contributed by atoms with Crippen LogP contribution in [0, 0.1) is 5.92 Å². The van der Waals surface area contributed by atoms with Crippen molar-refractivity contribution < 1.29 is 0 Å². The van der Waals surface area contributed by atoms with E-state index in [1.54, 1.807) is 0 Å². The van der Waals surface area contributed by atoms with Crippen LogP contribution in [0.1, 0.15) is 16.7 Å². The van der Waals surface area contributed by atoms with Crippen LogP contribution in [0.2, 0.25) is 5.02 Å². The van der Waals surface area contributed by atoms with Gasteiger partial charge in [0.2, 0.25) is 0 Å². The molecule has 0 aromatic heterocycles. The van der Waals surface area contributed by atoms with E-state index in [-0.39, 0.29) is 0 Å². The summed E-state index contributed by atoms with van der Waals surface area (Å²) < 4.78 is 0. The summed E-state index contributed by atoms with van der Waals surface area (Å²) in [5.74, 6) is 1.27. The maximum atomic E-state index is 6.23. The Kier molecular flexibility index (Phi) is 3.25. The minimum absolute atomic E-state index is 0.780. The Hall–Kier alpha value is -1.70. The largest absolute Gasteiger partial charge is 0.0894 e. The zero-order valence-corrected chi connectivity index (χ0v) is 12.8. The predicted molar refractivity (Wildman–Crippen MR) is 89.0 cm³/mol. The Balaban J connectivity index is 1.98. The fraction of sp³-hybridized carbons (Fsp3) is 0. The zero-order chi connectivity index (χ0) is 14.2. The monoisotopic (exact) mass is 307 g/mol. The van der Waals surface area contributed by atoms with Gasteiger partial charge in [-0.15, -0.1) is 0 Å². The Morgan fingerprint density at radius 3 is 2.24 bits per heavy atom. The molecule has 0 unspecified atom stereocenters. The van der Waals surface area contributed by atoms with Gasteiger partial charge in [0, 0.05) is 14.8 Å². The fourth-order valence-corrected chi connectivity index (χ4v) is 3.97. The van der Waals surface area contributed by atoms with Crippen molar-refractivity contribution in [3.05, 3.63) is 100 Å². The van der Waals surface area contributed by atoms with Crippen LogP contribution in [0.25, 0.3) is 0 Å². The van der Waals surface area contributed by atoms with Gasteiger partial charge in [0.25, 0.3) is 0 Å². The first-order valence-electron chi connectivity index (χ1n) is 6.82. The van der Waals surface area contributed by atoms with Crippen LogP contribution in [-0.2, 0) is 0 Å². The number of halogens is 1. The van der Waals surface area contributed by atoms with E-state index in [0.29, 0.717) is 0 Å². The van der Waals surface area contributed by atoms with E-state index in [4.69, 9.17) is 11.6 Å². The average Bonchev–Trinajstić information content (AvgIpc) is 2.53. The number of fused-ring (bicyclic) bond motifs is 2. The highest BCUT2D eigenvalue weighted by atomic mass is 35.5. The number of hydrogen-bond donors (Lipinski definition) is 0. The van der Waals surface area contributed by atoms with Gasteiger partial charge in [-0.25, -0.2) is 0 Å². The molecule has 0 aliphatic carbocycles. The highest BCUT2D eigenvalue weighted by Gasteiger charge is 2.28. The first-order chi connectivity index (χ1) is 10.3. The van der Waals surface area contributed by atoms with Gasteiger partial charge in [0.05, 0.1) is 5.92 Å². The Morgan fingerprint density at radius 2 is 1.38 bits per heavy atom. The molecule has 0 spiro atoms. The molecule has 0 amide bonds. The van der Waals surface area contributed by atoms with E-state index in [0.717, 1.165) is 5.02 Å². The third-order valence-electron chi connectivity index (χ3n) is 3.65. The normalized spacial score (nSPS) is 13.6. The molecule has 0 N–H and O–H groups in total. The quantitative estimate of drug-likeness (QED) is 0.427. The van der Waals surface area contributed by atoms with Gasteiger partial charge in [-0.3, -0.25) is 0 Å². The molecule has 3 aromatic carbocycles. The molecule has 4 rings (SSSR count). The Labute approximate surface area is 133 Å². The standard InChI is InChI=1S/C19H12ClS/c20-14-10-11-18-16(12-14)19(13-6-2-1-3-7-13)15-8-4-5-9-17(15)21-18/h1-12H. The molecule has 101 valence electrons. The molecular weight excluding hydrogens is 296 g/mol. The van der Waals surface area contributed by atoms with E-state index in [1.165, 1.54) is 32.4 Å². The lowest BCUT2D eigenvalue weighted by Crippen LogP contribution is -2.10. The van der Waals surface area contributed by atoms with Crippen molar-refractivity contribution in [2.24, 2.45) is 0 Å². The Morgan fingerprint density at radius 1 is 0.667 bits per heavy atom. The lowest BCUT2D eigenvalue weighted by atomic mass is 9.85. The maximum Gasteiger partial charge on any atom is 0.0652 e. The second-order valence-electron chi connectivity index (χ2n) is 4.98. The van der Waals surface area contributed by atoms with E-state index < -0.39 is 0 Å². The molecule has 0 saturated carbocycles. The minimum Gasteiger partial charge on any atom is -0.0894 e. The van der Waals surface area contributed by atoms with Crippen LogP contribution in [-0.4, -0.2) is 0 Å². The van der Waals surface area contributed by atoms with E-state index in [2.05, 4.69) is 60.7 Å². The van der Waals surface area contributed by atoms with Crippen molar-refractivity contribution in [3.63, 3.8) is 0 Å². The molecule has 1 heterocycles. The van der Waals surface area contributed by atoms with Crippen LogP contribution in [0.15, 0.2) is 82.6 Å². The first-order valence-corrected chi connectivity index (χ1v) is 8.02. The van der Waals surface area contributed by atoms with Crippen molar-refractivity contribution in [1.82, 2.24) is 0 Å². The van der Waals surface area contributed by atoms with Gasteiger partial charge in [-0.1, -0.05) is 71.9 Å². The van der Waals surface area contributed by atoms with Crippen LogP contribution < -0.4 is 0 Å². The molecule has 0 nitrogen and oxygen atoms in total. The lowest BCUT2D eigenvalue weighted by Gasteiger charge is -2.27. The summed E-state index contributed by atoms with van der Waals surface area (Å²) in [6, 6.07) is 25.2. The smallest absolute Gasteiger partial charge is 0.0652 e. The molecule has 1 aliphatic heterocycles. The first kappa shape index (κ1) is 13.0. The van der Waals surface area contributed by atoms with Crippen LogP contribution in [0.4, 0.5) is 0 Å². The predicted octanol–water partition coefficient (Wildman–Crippen LogP) is 5.82. The van der Waals surface area contributed by atoms with Gasteiger partial charge in [0.15, 0.2) is 0 Å². The number of rotatable bonds is 1. The fourth-order valence-electron chi connectivity index (χ4n) is 2.73. The zero-order valence-electron chi connectivity index (χ0n) is 11.2. The van der Waals surface area contributed by atoms with Crippen molar-refractivity contribution in [2.75, 3.05) is 0 Å². The number of hydrogen-bond acceptors (Lipinski definition) is 1. The van der Waals surface area contributed by atoms with Crippen LogP contribution in [0.3, 0.4) is 0 Å². The van der Waals surface area contributed by atoms with Gasteiger partial charge in [0.1, 0.15) is 0 Å². The minimum atomic E-state index is 0.780. The molecule has 3 aromatic rings. The molecule has 0 saturated heterocycles.